The van der Waals surface area contributed by atoms with Crippen LogP contribution in [0, 0.1) is 0 Å². The van der Waals surface area contributed by atoms with Crippen molar-refractivity contribution in [2.45, 2.75) is 6.61 Å². The van der Waals surface area contributed by atoms with E-state index in [0.717, 1.165) is 27.2 Å². The number of rotatable bonds is 5. The van der Waals surface area contributed by atoms with Crippen LogP contribution in [0.15, 0.2) is 35.1 Å². The molecule has 6 heteroatoms. The van der Waals surface area contributed by atoms with Crippen molar-refractivity contribution in [1.82, 2.24) is 4.90 Å². The molecular weight excluding hydrogens is 324 g/mol. The van der Waals surface area contributed by atoms with Crippen LogP contribution < -0.4 is 10.7 Å². The highest BCUT2D eigenvalue weighted by atomic mass is 32.1. The average molecular weight is 344 g/mol. The average Bonchev–Trinajstić information content (AvgIpc) is 2.55. The van der Waals surface area contributed by atoms with Gasteiger partial charge in [-0.15, -0.1) is 11.3 Å². The molecular formula is C18H20N2O3S. The van der Waals surface area contributed by atoms with E-state index in [9.17, 15) is 15.0 Å². The zero-order chi connectivity index (χ0) is 17.3. The van der Waals surface area contributed by atoms with Crippen LogP contribution in [-0.2, 0) is 6.61 Å². The molecule has 3 N–H and O–H groups in total. The highest BCUT2D eigenvalue weighted by Gasteiger charge is 2.13. The van der Waals surface area contributed by atoms with Gasteiger partial charge in [0.05, 0.1) is 12.0 Å². The topological polar surface area (TPSA) is 72.8 Å². The minimum Gasteiger partial charge on any atom is -0.508 e. The quantitative estimate of drug-likeness (QED) is 0.621. The Hall–Kier alpha value is -2.15. The van der Waals surface area contributed by atoms with Crippen LogP contribution in [0.25, 0.3) is 20.2 Å². The van der Waals surface area contributed by atoms with E-state index in [2.05, 4.69) is 10.2 Å². The Balaban J connectivity index is 2.24. The minimum atomic E-state index is -0.127. The number of hydrogen-bond donors (Lipinski definition) is 3. The molecule has 0 unspecified atom stereocenters. The van der Waals surface area contributed by atoms with Crippen LogP contribution in [0.4, 0.5) is 5.69 Å². The molecule has 1 heterocycles. The lowest BCUT2D eigenvalue weighted by Gasteiger charge is -2.14. The highest BCUT2D eigenvalue weighted by molar-refractivity contribution is 7.24. The Labute approximate surface area is 143 Å². The molecule has 0 atom stereocenters. The SMILES string of the molecule is CN(C)CCNc1ccc(CO)c2sc3ccc(O)cc3c(=O)c12. The molecule has 0 amide bonds. The van der Waals surface area contributed by atoms with Crippen molar-refractivity contribution in [2.75, 3.05) is 32.5 Å². The van der Waals surface area contributed by atoms with E-state index in [1.165, 1.54) is 17.4 Å². The third-order valence-corrected chi connectivity index (χ3v) is 5.18. The summed E-state index contributed by atoms with van der Waals surface area (Å²) in [6, 6.07) is 8.50. The van der Waals surface area contributed by atoms with Gasteiger partial charge in [-0.05, 0) is 43.9 Å². The second kappa shape index (κ2) is 6.76. The lowest BCUT2D eigenvalue weighted by atomic mass is 10.1. The molecule has 0 bridgehead atoms. The van der Waals surface area contributed by atoms with Gasteiger partial charge in [0.25, 0.3) is 0 Å². The van der Waals surface area contributed by atoms with Crippen molar-refractivity contribution in [2.24, 2.45) is 0 Å². The second-order valence-corrected chi connectivity index (χ2v) is 7.03. The van der Waals surface area contributed by atoms with Gasteiger partial charge in [-0.1, -0.05) is 6.07 Å². The molecule has 126 valence electrons. The largest absolute Gasteiger partial charge is 0.508 e. The number of likely N-dealkylation sites (N-methyl/N-ethyl adjacent to an activating group) is 1. The Morgan fingerprint density at radius 1 is 1.21 bits per heavy atom. The fourth-order valence-electron chi connectivity index (χ4n) is 2.68. The predicted octanol–water partition coefficient (Wildman–Crippen LogP) is 2.59. The molecule has 0 saturated heterocycles. The first-order valence-corrected chi connectivity index (χ1v) is 8.54. The van der Waals surface area contributed by atoms with Gasteiger partial charge in [-0.2, -0.15) is 0 Å². The van der Waals surface area contributed by atoms with Crippen LogP contribution in [0.2, 0.25) is 0 Å². The molecule has 0 radical (unpaired) electrons. The van der Waals surface area contributed by atoms with Crippen molar-refractivity contribution < 1.29 is 10.2 Å². The van der Waals surface area contributed by atoms with Crippen LogP contribution in [0.1, 0.15) is 5.56 Å². The van der Waals surface area contributed by atoms with E-state index in [1.54, 1.807) is 12.1 Å². The number of anilines is 1. The van der Waals surface area contributed by atoms with E-state index in [1.807, 2.05) is 26.2 Å². The number of aromatic hydroxyl groups is 1. The molecule has 0 aliphatic heterocycles. The zero-order valence-corrected chi connectivity index (χ0v) is 14.5. The van der Waals surface area contributed by atoms with E-state index >= 15 is 0 Å². The number of phenolic OH excluding ortho intramolecular Hbond substituents is 1. The first kappa shape index (κ1) is 16.7. The number of fused-ring (bicyclic) bond motifs is 2. The highest BCUT2D eigenvalue weighted by Crippen LogP contribution is 2.33. The van der Waals surface area contributed by atoms with Gasteiger partial charge >= 0.3 is 0 Å². The lowest BCUT2D eigenvalue weighted by molar-refractivity contribution is 0.283. The molecule has 24 heavy (non-hydrogen) atoms. The smallest absolute Gasteiger partial charge is 0.198 e. The lowest BCUT2D eigenvalue weighted by Crippen LogP contribution is -2.21. The second-order valence-electron chi connectivity index (χ2n) is 5.98. The number of hydrogen-bond acceptors (Lipinski definition) is 6. The molecule has 0 aliphatic rings. The molecule has 0 fully saturated rings. The van der Waals surface area contributed by atoms with Crippen LogP contribution in [-0.4, -0.2) is 42.3 Å². The van der Waals surface area contributed by atoms with E-state index in [4.69, 9.17) is 0 Å². The third kappa shape index (κ3) is 3.08. The summed E-state index contributed by atoms with van der Waals surface area (Å²) in [7, 11) is 3.98. The molecule has 0 saturated carbocycles. The summed E-state index contributed by atoms with van der Waals surface area (Å²) in [4.78, 5) is 15.1. The molecule has 3 aromatic rings. The summed E-state index contributed by atoms with van der Waals surface area (Å²) in [6.07, 6.45) is 0. The van der Waals surface area contributed by atoms with Crippen molar-refractivity contribution in [3.05, 3.63) is 46.1 Å². The standard InChI is InChI=1S/C18H20N2O3S/c1-20(2)8-7-19-14-5-3-11(10-21)18-16(14)17(23)13-9-12(22)4-6-15(13)24-18/h3-6,9,19,21-22H,7-8,10H2,1-2H3. The van der Waals surface area contributed by atoms with Gasteiger partial charge in [0, 0.05) is 33.6 Å². The van der Waals surface area contributed by atoms with Crippen LogP contribution >= 0.6 is 11.3 Å². The van der Waals surface area contributed by atoms with Gasteiger partial charge in [-0.25, -0.2) is 0 Å². The molecule has 0 spiro atoms. The van der Waals surface area contributed by atoms with E-state index in [-0.39, 0.29) is 17.8 Å². The van der Waals surface area contributed by atoms with Crippen LogP contribution in [0.5, 0.6) is 5.75 Å². The summed E-state index contributed by atoms with van der Waals surface area (Å²) in [5.74, 6) is 0.0755. The number of phenols is 1. The fraction of sp³-hybridized carbons (Fsp3) is 0.278. The maximum atomic E-state index is 13.0. The summed E-state index contributed by atoms with van der Waals surface area (Å²) < 4.78 is 1.58. The van der Waals surface area contributed by atoms with Crippen molar-refractivity contribution in [3.63, 3.8) is 0 Å². The molecule has 5 nitrogen and oxygen atoms in total. The molecule has 3 rings (SSSR count). The van der Waals surface area contributed by atoms with Gasteiger partial charge in [0.2, 0.25) is 0 Å². The van der Waals surface area contributed by atoms with E-state index < -0.39 is 0 Å². The number of nitrogens with one attached hydrogen (secondary N) is 1. The fourth-order valence-corrected chi connectivity index (χ4v) is 3.87. The van der Waals surface area contributed by atoms with Gasteiger partial charge in [0.15, 0.2) is 5.43 Å². The predicted molar refractivity (Wildman–Crippen MR) is 100 cm³/mol. The molecule has 0 aliphatic carbocycles. The first-order chi connectivity index (χ1) is 11.5. The van der Waals surface area contributed by atoms with Gasteiger partial charge < -0.3 is 20.4 Å². The Kier molecular flexibility index (Phi) is 4.71. The maximum Gasteiger partial charge on any atom is 0.198 e. The molecule has 2 aromatic carbocycles. The molecule has 1 aromatic heterocycles. The summed E-state index contributed by atoms with van der Waals surface area (Å²) in [5, 5.41) is 23.7. The Morgan fingerprint density at radius 2 is 2.00 bits per heavy atom. The summed E-state index contributed by atoms with van der Waals surface area (Å²) in [6.45, 7) is 1.44. The number of benzene rings is 2. The summed E-state index contributed by atoms with van der Waals surface area (Å²) in [5.41, 5.74) is 1.37. The minimum absolute atomic E-state index is 0.0755. The van der Waals surface area contributed by atoms with Gasteiger partial charge in [0.1, 0.15) is 5.75 Å². The normalized spacial score (nSPS) is 11.5. The van der Waals surface area contributed by atoms with Crippen molar-refractivity contribution in [3.8, 4) is 5.75 Å². The van der Waals surface area contributed by atoms with E-state index in [0.29, 0.717) is 17.3 Å². The van der Waals surface area contributed by atoms with Crippen molar-refractivity contribution in [1.29, 1.82) is 0 Å². The Bertz CT molecular complexity index is 950. The van der Waals surface area contributed by atoms with Crippen molar-refractivity contribution >= 4 is 37.2 Å². The number of aliphatic hydroxyl groups excluding tert-OH is 1. The van der Waals surface area contributed by atoms with Crippen LogP contribution in [0.3, 0.4) is 0 Å². The van der Waals surface area contributed by atoms with Gasteiger partial charge in [-0.3, -0.25) is 4.79 Å². The first-order valence-electron chi connectivity index (χ1n) is 7.72. The monoisotopic (exact) mass is 344 g/mol. The number of nitrogens with zero attached hydrogens (tertiary/aromatic N) is 1. The Morgan fingerprint density at radius 3 is 2.71 bits per heavy atom. The zero-order valence-electron chi connectivity index (χ0n) is 13.7. The third-order valence-electron chi connectivity index (χ3n) is 3.93. The summed E-state index contributed by atoms with van der Waals surface area (Å²) >= 11 is 1.46. The maximum absolute atomic E-state index is 13.0. The number of aliphatic hydroxyl groups is 1.